The molecule has 3 aromatic heterocycles. The SMILES string of the molecule is NC(=O)c1ccccc1-c1nc2cnc(-c3nc[nH]n3)cc2n1[C@@H]1CCC[C@H](N2COc3ccc(Cl)cc3C2=O)C1. The molecule has 1 aliphatic heterocycles. The number of fused-ring (bicyclic) bond motifs is 2. The van der Waals surface area contributed by atoms with Crippen LogP contribution in [0, 0.1) is 0 Å². The number of aromatic amines is 1. The quantitative estimate of drug-likeness (QED) is 0.315. The van der Waals surface area contributed by atoms with Gasteiger partial charge in [-0.3, -0.25) is 19.7 Å². The number of carbonyl (C=O) groups is 2. The van der Waals surface area contributed by atoms with Gasteiger partial charge >= 0.3 is 0 Å². The van der Waals surface area contributed by atoms with Crippen LogP contribution in [0.1, 0.15) is 52.4 Å². The predicted molar refractivity (Wildman–Crippen MR) is 151 cm³/mol. The standard InChI is InChI=1S/C29H25ClN8O3/c30-16-8-9-25-21(10-16)29(40)37(15-41-25)17-4-3-5-18(11-17)38-24-12-22(27-33-14-34-36-27)32-13-23(24)35-28(38)20-7-2-1-6-19(20)26(31)39/h1-2,6-10,12-14,17-18H,3-5,11,15H2,(H2,31,39)(H,33,34,36)/t17-,18+/m0/s1. The third-order valence-corrected chi connectivity index (χ3v) is 8.11. The van der Waals surface area contributed by atoms with Crippen LogP contribution in [0.5, 0.6) is 5.75 Å². The molecule has 4 heterocycles. The normalized spacial score (nSPS) is 18.8. The first kappa shape index (κ1) is 25.2. The number of nitrogens with zero attached hydrogens (tertiary/aromatic N) is 6. The molecule has 2 aromatic carbocycles. The Kier molecular flexibility index (Phi) is 6.15. The third kappa shape index (κ3) is 4.38. The molecule has 7 rings (SSSR count). The maximum Gasteiger partial charge on any atom is 0.260 e. The van der Waals surface area contributed by atoms with Gasteiger partial charge in [0.25, 0.3) is 5.91 Å². The van der Waals surface area contributed by atoms with Crippen molar-refractivity contribution >= 4 is 34.4 Å². The first-order valence-electron chi connectivity index (χ1n) is 13.3. The summed E-state index contributed by atoms with van der Waals surface area (Å²) >= 11 is 6.20. The zero-order chi connectivity index (χ0) is 28.1. The lowest BCUT2D eigenvalue weighted by molar-refractivity contribution is 0.0280. The molecule has 3 N–H and O–H groups in total. The Morgan fingerprint density at radius 1 is 1.07 bits per heavy atom. The van der Waals surface area contributed by atoms with Crippen molar-refractivity contribution in [2.24, 2.45) is 5.73 Å². The van der Waals surface area contributed by atoms with Crippen LogP contribution in [0.2, 0.25) is 5.02 Å². The maximum absolute atomic E-state index is 13.5. The molecule has 0 unspecified atom stereocenters. The van der Waals surface area contributed by atoms with Gasteiger partial charge in [0.2, 0.25) is 5.91 Å². The molecule has 0 bridgehead atoms. The van der Waals surface area contributed by atoms with Gasteiger partial charge in [-0.15, -0.1) is 0 Å². The molecule has 206 valence electrons. The zero-order valence-electron chi connectivity index (χ0n) is 21.8. The van der Waals surface area contributed by atoms with Crippen molar-refractivity contribution < 1.29 is 14.3 Å². The van der Waals surface area contributed by atoms with E-state index in [1.54, 1.807) is 41.4 Å². The number of pyridine rings is 1. The minimum Gasteiger partial charge on any atom is -0.472 e. The van der Waals surface area contributed by atoms with E-state index in [1.165, 1.54) is 6.33 Å². The fourth-order valence-electron chi connectivity index (χ4n) is 5.98. The Bertz CT molecular complexity index is 1800. The summed E-state index contributed by atoms with van der Waals surface area (Å²) < 4.78 is 8.11. The Hall–Kier alpha value is -4.77. The molecule has 0 saturated heterocycles. The van der Waals surface area contributed by atoms with E-state index in [1.807, 2.05) is 18.2 Å². The largest absolute Gasteiger partial charge is 0.472 e. The highest BCUT2D eigenvalue weighted by atomic mass is 35.5. The monoisotopic (exact) mass is 568 g/mol. The van der Waals surface area contributed by atoms with E-state index in [-0.39, 0.29) is 24.7 Å². The second-order valence-corrected chi connectivity index (χ2v) is 10.7. The highest BCUT2D eigenvalue weighted by molar-refractivity contribution is 6.31. The molecular weight excluding hydrogens is 544 g/mol. The van der Waals surface area contributed by atoms with Crippen molar-refractivity contribution in [2.45, 2.75) is 37.8 Å². The predicted octanol–water partition coefficient (Wildman–Crippen LogP) is 4.61. The minimum atomic E-state index is -0.534. The van der Waals surface area contributed by atoms with Crippen molar-refractivity contribution in [1.29, 1.82) is 0 Å². The topological polar surface area (TPSA) is 145 Å². The number of primary amides is 1. The first-order chi connectivity index (χ1) is 20.0. The Morgan fingerprint density at radius 2 is 1.93 bits per heavy atom. The number of aromatic nitrogens is 6. The minimum absolute atomic E-state index is 0.0364. The van der Waals surface area contributed by atoms with E-state index >= 15 is 0 Å². The highest BCUT2D eigenvalue weighted by Crippen LogP contribution is 2.40. The van der Waals surface area contributed by atoms with E-state index in [4.69, 9.17) is 27.1 Å². The fraction of sp³-hybridized carbons (Fsp3) is 0.241. The van der Waals surface area contributed by atoms with E-state index in [0.717, 1.165) is 24.8 Å². The van der Waals surface area contributed by atoms with Gasteiger partial charge in [-0.1, -0.05) is 29.8 Å². The molecule has 0 radical (unpaired) electrons. The summed E-state index contributed by atoms with van der Waals surface area (Å²) in [5.41, 5.74) is 9.35. The average Bonchev–Trinajstić information content (AvgIpc) is 3.66. The molecule has 1 saturated carbocycles. The number of nitrogens with one attached hydrogen (secondary N) is 1. The number of hydrogen-bond donors (Lipinski definition) is 2. The average molecular weight is 569 g/mol. The highest BCUT2D eigenvalue weighted by Gasteiger charge is 2.36. The first-order valence-corrected chi connectivity index (χ1v) is 13.7. The van der Waals surface area contributed by atoms with E-state index in [0.29, 0.717) is 56.7 Å². The zero-order valence-corrected chi connectivity index (χ0v) is 22.6. The van der Waals surface area contributed by atoms with Crippen LogP contribution in [0.15, 0.2) is 61.1 Å². The third-order valence-electron chi connectivity index (χ3n) is 7.87. The summed E-state index contributed by atoms with van der Waals surface area (Å²) in [6.45, 7) is 0.172. The summed E-state index contributed by atoms with van der Waals surface area (Å²) in [5.74, 6) is 1.00. The molecule has 2 amide bonds. The second kappa shape index (κ2) is 10.0. The molecule has 2 aliphatic rings. The van der Waals surface area contributed by atoms with Crippen LogP contribution in [-0.2, 0) is 0 Å². The molecular formula is C29H25ClN8O3. The number of rotatable bonds is 5. The Balaban J connectivity index is 1.32. The van der Waals surface area contributed by atoms with Gasteiger partial charge in [-0.05, 0) is 56.0 Å². The van der Waals surface area contributed by atoms with Crippen molar-refractivity contribution in [3.63, 3.8) is 0 Å². The molecule has 41 heavy (non-hydrogen) atoms. The van der Waals surface area contributed by atoms with Gasteiger partial charge in [0.1, 0.15) is 29.1 Å². The van der Waals surface area contributed by atoms with Crippen molar-refractivity contribution in [1.82, 2.24) is 34.6 Å². The molecule has 5 aromatic rings. The Labute approximate surface area is 239 Å². The fourth-order valence-corrected chi connectivity index (χ4v) is 6.15. The summed E-state index contributed by atoms with van der Waals surface area (Å²) in [6.07, 6.45) is 6.44. The molecule has 1 aliphatic carbocycles. The van der Waals surface area contributed by atoms with Gasteiger partial charge in [-0.25, -0.2) is 9.97 Å². The number of H-pyrrole nitrogens is 1. The van der Waals surface area contributed by atoms with Gasteiger partial charge in [-0.2, -0.15) is 5.10 Å². The maximum atomic E-state index is 13.5. The molecule has 0 spiro atoms. The van der Waals surface area contributed by atoms with Crippen molar-refractivity contribution in [3.05, 3.63) is 77.2 Å². The summed E-state index contributed by atoms with van der Waals surface area (Å²) in [4.78, 5) is 41.5. The van der Waals surface area contributed by atoms with Crippen LogP contribution in [-0.4, -0.2) is 59.2 Å². The number of nitrogens with two attached hydrogens (primary N) is 1. The van der Waals surface area contributed by atoms with Crippen molar-refractivity contribution in [3.8, 4) is 28.7 Å². The lowest BCUT2D eigenvalue weighted by atomic mass is 9.89. The molecule has 12 heteroatoms. The van der Waals surface area contributed by atoms with Gasteiger partial charge in [0, 0.05) is 22.7 Å². The second-order valence-electron chi connectivity index (χ2n) is 10.3. The summed E-state index contributed by atoms with van der Waals surface area (Å²) in [7, 11) is 0. The Morgan fingerprint density at radius 3 is 2.76 bits per heavy atom. The van der Waals surface area contributed by atoms with Gasteiger partial charge in [0.15, 0.2) is 12.6 Å². The van der Waals surface area contributed by atoms with Crippen LogP contribution < -0.4 is 10.5 Å². The number of carbonyl (C=O) groups excluding carboxylic acids is 2. The van der Waals surface area contributed by atoms with Gasteiger partial charge in [0.05, 0.1) is 22.8 Å². The van der Waals surface area contributed by atoms with E-state index < -0.39 is 5.91 Å². The number of amides is 2. The molecule has 11 nitrogen and oxygen atoms in total. The number of benzene rings is 2. The number of imidazole rings is 1. The van der Waals surface area contributed by atoms with Crippen molar-refractivity contribution in [2.75, 3.05) is 6.73 Å². The summed E-state index contributed by atoms with van der Waals surface area (Å²) in [6, 6.07) is 14.1. The molecule has 1 fully saturated rings. The lowest BCUT2D eigenvalue weighted by Gasteiger charge is -2.40. The van der Waals surface area contributed by atoms with Crippen LogP contribution in [0.4, 0.5) is 0 Å². The van der Waals surface area contributed by atoms with Crippen LogP contribution in [0.25, 0.3) is 33.9 Å². The van der Waals surface area contributed by atoms with Crippen LogP contribution >= 0.6 is 11.6 Å². The number of halogens is 1. The molecule has 2 atom stereocenters. The summed E-state index contributed by atoms with van der Waals surface area (Å²) in [5, 5.41) is 7.41. The number of hydrogen-bond acceptors (Lipinski definition) is 7. The lowest BCUT2D eigenvalue weighted by Crippen LogP contribution is -2.47. The number of ether oxygens (including phenoxy) is 1. The van der Waals surface area contributed by atoms with Gasteiger partial charge < -0.3 is 19.9 Å². The van der Waals surface area contributed by atoms with E-state index in [9.17, 15) is 9.59 Å². The van der Waals surface area contributed by atoms with Crippen LogP contribution in [0.3, 0.4) is 0 Å². The van der Waals surface area contributed by atoms with E-state index in [2.05, 4.69) is 24.7 Å². The smallest absolute Gasteiger partial charge is 0.260 e.